The number of aryl methyl sites for hydroxylation is 1. The van der Waals surface area contributed by atoms with Crippen LogP contribution >= 0.6 is 0 Å². The first-order valence-corrected chi connectivity index (χ1v) is 6.46. The minimum Gasteiger partial charge on any atom is -0.328 e. The number of carbonyl (C=O) groups excluding carboxylic acids is 2. The summed E-state index contributed by atoms with van der Waals surface area (Å²) < 4.78 is 0. The molecule has 1 unspecified atom stereocenters. The van der Waals surface area contributed by atoms with Gasteiger partial charge in [0, 0.05) is 24.2 Å². The van der Waals surface area contributed by atoms with E-state index in [0.717, 1.165) is 16.7 Å². The van der Waals surface area contributed by atoms with Crippen molar-refractivity contribution in [3.8, 4) is 0 Å². The summed E-state index contributed by atoms with van der Waals surface area (Å²) in [7, 11) is 0. The molecule has 1 aromatic rings. The highest BCUT2D eigenvalue weighted by Gasteiger charge is 2.36. The van der Waals surface area contributed by atoms with Gasteiger partial charge in [0.05, 0.1) is 6.04 Å². The summed E-state index contributed by atoms with van der Waals surface area (Å²) in [5.41, 5.74) is 3.65. The van der Waals surface area contributed by atoms with E-state index < -0.39 is 0 Å². The van der Waals surface area contributed by atoms with Gasteiger partial charge < -0.3 is 10.2 Å². The molecule has 2 aliphatic rings. The van der Waals surface area contributed by atoms with Crippen LogP contribution in [-0.2, 0) is 11.3 Å². The molecule has 3 rings (SSSR count). The van der Waals surface area contributed by atoms with Crippen LogP contribution in [0.25, 0.3) is 0 Å². The molecule has 1 aromatic carbocycles. The minimum absolute atomic E-state index is 0.0124. The van der Waals surface area contributed by atoms with Gasteiger partial charge in [0.2, 0.25) is 5.91 Å². The van der Waals surface area contributed by atoms with E-state index in [0.29, 0.717) is 25.1 Å². The van der Waals surface area contributed by atoms with Crippen LogP contribution < -0.4 is 5.32 Å². The predicted molar refractivity (Wildman–Crippen MR) is 71.4 cm³/mol. The molecule has 0 bridgehead atoms. The van der Waals surface area contributed by atoms with Gasteiger partial charge in [-0.1, -0.05) is 18.7 Å². The minimum atomic E-state index is -0.0861. The number of piperidine rings is 1. The van der Waals surface area contributed by atoms with Crippen molar-refractivity contribution < 1.29 is 9.59 Å². The van der Waals surface area contributed by atoms with Crippen LogP contribution in [0.5, 0.6) is 0 Å². The summed E-state index contributed by atoms with van der Waals surface area (Å²) in [5, 5.41) is 2.74. The van der Waals surface area contributed by atoms with E-state index in [1.165, 1.54) is 0 Å². The first-order valence-electron chi connectivity index (χ1n) is 6.46. The third kappa shape index (κ3) is 1.84. The molecule has 1 fully saturated rings. The molecule has 2 amide bonds. The van der Waals surface area contributed by atoms with Crippen molar-refractivity contribution in [3.05, 3.63) is 47.2 Å². The Morgan fingerprint density at radius 3 is 2.84 bits per heavy atom. The Labute approximate surface area is 112 Å². The first-order chi connectivity index (χ1) is 9.08. The second-order valence-corrected chi connectivity index (χ2v) is 5.16. The zero-order valence-corrected chi connectivity index (χ0v) is 10.9. The molecule has 4 heteroatoms. The van der Waals surface area contributed by atoms with Crippen LogP contribution in [0.15, 0.2) is 30.5 Å². The van der Waals surface area contributed by atoms with E-state index in [2.05, 4.69) is 11.9 Å². The number of benzene rings is 1. The summed E-state index contributed by atoms with van der Waals surface area (Å²) in [5.74, 6) is 0.0302. The Kier molecular flexibility index (Phi) is 2.66. The Balaban J connectivity index is 1.90. The molecule has 0 aliphatic carbocycles. The molecule has 2 aliphatic heterocycles. The highest BCUT2D eigenvalue weighted by molar-refractivity contribution is 5.99. The lowest BCUT2D eigenvalue weighted by atomic mass is 10.0. The van der Waals surface area contributed by atoms with E-state index in [1.807, 2.05) is 30.0 Å². The average molecular weight is 256 g/mol. The third-order valence-corrected chi connectivity index (χ3v) is 3.95. The van der Waals surface area contributed by atoms with Gasteiger partial charge in [-0.25, -0.2) is 0 Å². The molecule has 0 aromatic heterocycles. The van der Waals surface area contributed by atoms with Crippen LogP contribution in [0.4, 0.5) is 0 Å². The number of hydrogen-bond acceptors (Lipinski definition) is 2. The second-order valence-electron chi connectivity index (χ2n) is 5.16. The van der Waals surface area contributed by atoms with Gasteiger partial charge in [0.15, 0.2) is 0 Å². The molecule has 4 nitrogen and oxygen atoms in total. The van der Waals surface area contributed by atoms with Crippen LogP contribution in [0.2, 0.25) is 0 Å². The predicted octanol–water partition coefficient (Wildman–Crippen LogP) is 1.74. The number of nitrogens with zero attached hydrogens (tertiary/aromatic N) is 1. The molecule has 0 radical (unpaired) electrons. The second kappa shape index (κ2) is 4.23. The van der Waals surface area contributed by atoms with Gasteiger partial charge in [0.1, 0.15) is 0 Å². The number of nitrogens with one attached hydrogen (secondary N) is 1. The molecule has 1 N–H and O–H groups in total. The van der Waals surface area contributed by atoms with Gasteiger partial charge in [-0.05, 0) is 30.5 Å². The first kappa shape index (κ1) is 12.0. The van der Waals surface area contributed by atoms with E-state index in [1.54, 1.807) is 0 Å². The van der Waals surface area contributed by atoms with Crippen LogP contribution in [-0.4, -0.2) is 22.8 Å². The number of hydrogen-bond donors (Lipinski definition) is 1. The van der Waals surface area contributed by atoms with E-state index in [4.69, 9.17) is 0 Å². The normalized spacial score (nSPS) is 22.5. The van der Waals surface area contributed by atoms with Crippen LogP contribution in [0, 0.1) is 6.92 Å². The van der Waals surface area contributed by atoms with Gasteiger partial charge in [-0.15, -0.1) is 0 Å². The maximum absolute atomic E-state index is 12.4. The molecule has 19 heavy (non-hydrogen) atoms. The average Bonchev–Trinajstić information content (AvgIpc) is 2.69. The van der Waals surface area contributed by atoms with Crippen LogP contribution in [0.1, 0.15) is 34.3 Å². The Morgan fingerprint density at radius 2 is 2.16 bits per heavy atom. The van der Waals surface area contributed by atoms with Crippen molar-refractivity contribution in [1.82, 2.24) is 10.2 Å². The maximum Gasteiger partial charge on any atom is 0.255 e. The Hall–Kier alpha value is -2.10. The monoisotopic (exact) mass is 256 g/mol. The zero-order valence-electron chi connectivity index (χ0n) is 10.9. The van der Waals surface area contributed by atoms with Crippen LogP contribution in [0.3, 0.4) is 0 Å². The maximum atomic E-state index is 12.4. The molecular weight excluding hydrogens is 240 g/mol. The molecule has 1 saturated heterocycles. The fourth-order valence-corrected chi connectivity index (χ4v) is 2.87. The topological polar surface area (TPSA) is 49.4 Å². The highest BCUT2D eigenvalue weighted by Crippen LogP contribution is 2.30. The number of carbonyl (C=O) groups is 2. The van der Waals surface area contributed by atoms with Gasteiger partial charge in [-0.3, -0.25) is 9.59 Å². The smallest absolute Gasteiger partial charge is 0.255 e. The summed E-state index contributed by atoms with van der Waals surface area (Å²) in [6.07, 6.45) is 1.10. The number of rotatable bonds is 1. The summed E-state index contributed by atoms with van der Waals surface area (Å²) >= 11 is 0. The summed E-state index contributed by atoms with van der Waals surface area (Å²) in [6.45, 7) is 6.52. The third-order valence-electron chi connectivity index (χ3n) is 3.95. The lowest BCUT2D eigenvalue weighted by Gasteiger charge is -2.32. The van der Waals surface area contributed by atoms with E-state index in [9.17, 15) is 9.59 Å². The van der Waals surface area contributed by atoms with E-state index in [-0.39, 0.29) is 17.9 Å². The van der Waals surface area contributed by atoms with Gasteiger partial charge in [0.25, 0.3) is 5.91 Å². The molecule has 0 spiro atoms. The van der Waals surface area contributed by atoms with Crippen molar-refractivity contribution in [2.45, 2.75) is 32.4 Å². The highest BCUT2D eigenvalue weighted by atomic mass is 16.2. The van der Waals surface area contributed by atoms with Crippen molar-refractivity contribution in [1.29, 1.82) is 0 Å². The quantitative estimate of drug-likeness (QED) is 0.832. The summed E-state index contributed by atoms with van der Waals surface area (Å²) in [4.78, 5) is 25.6. The lowest BCUT2D eigenvalue weighted by Crippen LogP contribution is -2.45. The van der Waals surface area contributed by atoms with Crippen molar-refractivity contribution in [2.24, 2.45) is 0 Å². The molecule has 98 valence electrons. The molecule has 1 atom stereocenters. The van der Waals surface area contributed by atoms with Crippen molar-refractivity contribution in [3.63, 3.8) is 0 Å². The number of fused-ring (bicyclic) bond motifs is 1. The summed E-state index contributed by atoms with van der Waals surface area (Å²) in [6, 6.07) is 5.71. The molecular formula is C15H16N2O2. The standard InChI is InChI=1S/C15H16N2O2/c1-9-4-3-5-11-12(9)8-17(15(11)19)13-6-7-14(18)16-10(13)2/h3-5,13H,2,6-8H2,1H3,(H,16,18). The van der Waals surface area contributed by atoms with Gasteiger partial charge >= 0.3 is 0 Å². The number of amides is 2. The SMILES string of the molecule is C=C1NC(=O)CCC1N1Cc2c(C)cccc2C1=O. The van der Waals surface area contributed by atoms with E-state index >= 15 is 0 Å². The fourth-order valence-electron chi connectivity index (χ4n) is 2.87. The zero-order chi connectivity index (χ0) is 13.6. The van der Waals surface area contributed by atoms with Crippen molar-refractivity contribution >= 4 is 11.8 Å². The lowest BCUT2D eigenvalue weighted by molar-refractivity contribution is -0.121. The fraction of sp³-hybridized carbons (Fsp3) is 0.333. The van der Waals surface area contributed by atoms with Gasteiger partial charge in [-0.2, -0.15) is 0 Å². The Morgan fingerprint density at radius 1 is 1.37 bits per heavy atom. The molecule has 2 heterocycles. The molecule has 0 saturated carbocycles. The Bertz CT molecular complexity index is 592. The van der Waals surface area contributed by atoms with Crippen molar-refractivity contribution in [2.75, 3.05) is 0 Å². The largest absolute Gasteiger partial charge is 0.328 e.